The molecular formula is C23H17ClN4S. The second-order valence-electron chi connectivity index (χ2n) is 6.54. The summed E-state index contributed by atoms with van der Waals surface area (Å²) >= 11 is 7.64. The van der Waals surface area contributed by atoms with Gasteiger partial charge in [-0.05, 0) is 42.8 Å². The van der Waals surface area contributed by atoms with E-state index < -0.39 is 0 Å². The van der Waals surface area contributed by atoms with Crippen LogP contribution >= 0.6 is 23.4 Å². The van der Waals surface area contributed by atoms with Crippen LogP contribution in [0, 0.1) is 18.3 Å². The minimum absolute atomic E-state index is 0.628. The van der Waals surface area contributed by atoms with E-state index in [1.807, 2.05) is 65.2 Å². The van der Waals surface area contributed by atoms with Crippen molar-refractivity contribution in [2.24, 2.45) is 0 Å². The van der Waals surface area contributed by atoms with Crippen LogP contribution in [0.4, 0.5) is 0 Å². The maximum Gasteiger partial charge on any atom is 0.196 e. The minimum atomic E-state index is 0.628. The van der Waals surface area contributed by atoms with Gasteiger partial charge in [0.15, 0.2) is 11.0 Å². The first-order valence-electron chi connectivity index (χ1n) is 9.05. The fourth-order valence-corrected chi connectivity index (χ4v) is 4.06. The lowest BCUT2D eigenvalue weighted by atomic mass is 10.1. The number of benzene rings is 3. The summed E-state index contributed by atoms with van der Waals surface area (Å²) in [5.74, 6) is 1.40. The lowest BCUT2D eigenvalue weighted by molar-refractivity contribution is 0.886. The van der Waals surface area contributed by atoms with Crippen molar-refractivity contribution in [2.75, 3.05) is 0 Å². The molecule has 0 aliphatic carbocycles. The van der Waals surface area contributed by atoms with Gasteiger partial charge < -0.3 is 0 Å². The third-order valence-corrected chi connectivity index (χ3v) is 5.75. The number of halogens is 1. The fourth-order valence-electron chi connectivity index (χ4n) is 2.97. The van der Waals surface area contributed by atoms with Crippen LogP contribution in [0.25, 0.3) is 17.1 Å². The van der Waals surface area contributed by atoms with E-state index in [9.17, 15) is 5.26 Å². The molecule has 1 heterocycles. The van der Waals surface area contributed by atoms with E-state index in [0.717, 1.165) is 27.8 Å². The number of hydrogen-bond acceptors (Lipinski definition) is 4. The van der Waals surface area contributed by atoms with Crippen molar-refractivity contribution in [1.82, 2.24) is 14.8 Å². The van der Waals surface area contributed by atoms with Crippen molar-refractivity contribution in [1.29, 1.82) is 5.26 Å². The van der Waals surface area contributed by atoms with Crippen LogP contribution in [-0.4, -0.2) is 14.8 Å². The fraction of sp³-hybridized carbons (Fsp3) is 0.0870. The number of aromatic nitrogens is 3. The van der Waals surface area contributed by atoms with Gasteiger partial charge >= 0.3 is 0 Å². The Morgan fingerprint density at radius 3 is 2.41 bits per heavy atom. The van der Waals surface area contributed by atoms with Crippen LogP contribution in [0.1, 0.15) is 16.7 Å². The quantitative estimate of drug-likeness (QED) is 0.371. The zero-order chi connectivity index (χ0) is 20.2. The Kier molecular flexibility index (Phi) is 5.66. The number of hydrogen-bond donors (Lipinski definition) is 0. The first kappa shape index (κ1) is 19.3. The molecule has 29 heavy (non-hydrogen) atoms. The van der Waals surface area contributed by atoms with E-state index in [0.29, 0.717) is 16.3 Å². The average Bonchev–Trinajstić information content (AvgIpc) is 3.17. The molecular weight excluding hydrogens is 400 g/mol. The van der Waals surface area contributed by atoms with Crippen LogP contribution in [0.5, 0.6) is 0 Å². The van der Waals surface area contributed by atoms with E-state index >= 15 is 0 Å². The monoisotopic (exact) mass is 416 g/mol. The second kappa shape index (κ2) is 8.52. The number of thioether (sulfide) groups is 1. The smallest absolute Gasteiger partial charge is 0.196 e. The van der Waals surface area contributed by atoms with Gasteiger partial charge in [-0.25, -0.2) is 0 Å². The van der Waals surface area contributed by atoms with Crippen LogP contribution < -0.4 is 0 Å². The van der Waals surface area contributed by atoms with Crippen LogP contribution in [0.2, 0.25) is 5.02 Å². The normalized spacial score (nSPS) is 10.7. The van der Waals surface area contributed by atoms with E-state index in [2.05, 4.69) is 35.3 Å². The SMILES string of the molecule is Cc1ccc(-c2nnc(SCc3ccccc3C#N)n2-c2ccc(Cl)cc2)cc1. The molecule has 0 atom stereocenters. The van der Waals surface area contributed by atoms with E-state index in [4.69, 9.17) is 11.6 Å². The van der Waals surface area contributed by atoms with E-state index in [1.54, 1.807) is 11.8 Å². The van der Waals surface area contributed by atoms with Gasteiger partial charge in [0.1, 0.15) is 0 Å². The number of aryl methyl sites for hydroxylation is 1. The summed E-state index contributed by atoms with van der Waals surface area (Å²) in [6, 6.07) is 25.7. The number of nitrogens with zero attached hydrogens (tertiary/aromatic N) is 4. The third kappa shape index (κ3) is 4.19. The highest BCUT2D eigenvalue weighted by Gasteiger charge is 2.17. The average molecular weight is 417 g/mol. The van der Waals surface area contributed by atoms with Crippen LogP contribution in [0.15, 0.2) is 78.0 Å². The molecule has 4 nitrogen and oxygen atoms in total. The maximum absolute atomic E-state index is 9.34. The molecule has 4 aromatic rings. The highest BCUT2D eigenvalue weighted by molar-refractivity contribution is 7.98. The van der Waals surface area contributed by atoms with E-state index in [1.165, 1.54) is 5.56 Å². The molecule has 4 rings (SSSR count). The third-order valence-electron chi connectivity index (χ3n) is 4.52. The summed E-state index contributed by atoms with van der Waals surface area (Å²) < 4.78 is 2.03. The summed E-state index contributed by atoms with van der Waals surface area (Å²) in [4.78, 5) is 0. The van der Waals surface area contributed by atoms with Gasteiger partial charge in [-0.15, -0.1) is 10.2 Å². The Morgan fingerprint density at radius 2 is 1.69 bits per heavy atom. The molecule has 3 aromatic carbocycles. The molecule has 6 heteroatoms. The zero-order valence-electron chi connectivity index (χ0n) is 15.7. The number of nitriles is 1. The highest BCUT2D eigenvalue weighted by atomic mass is 35.5. The highest BCUT2D eigenvalue weighted by Crippen LogP contribution is 2.31. The standard InChI is InChI=1S/C23H17ClN4S/c1-16-6-8-17(9-7-16)22-26-27-23(28(22)21-12-10-20(24)11-13-21)29-15-19-5-3-2-4-18(19)14-25/h2-13H,15H2,1H3. The van der Waals surface area contributed by atoms with E-state index in [-0.39, 0.29) is 0 Å². The molecule has 0 spiro atoms. The van der Waals surface area contributed by atoms with Gasteiger partial charge in [0.05, 0.1) is 11.6 Å². The van der Waals surface area contributed by atoms with Crippen molar-refractivity contribution >= 4 is 23.4 Å². The molecule has 0 saturated heterocycles. The summed E-state index contributed by atoms with van der Waals surface area (Å²) in [5, 5.41) is 19.7. The van der Waals surface area contributed by atoms with Gasteiger partial charge in [0.2, 0.25) is 0 Å². The predicted octanol–water partition coefficient (Wildman–Crippen LogP) is 6.06. The second-order valence-corrected chi connectivity index (χ2v) is 7.92. The first-order valence-corrected chi connectivity index (χ1v) is 10.4. The van der Waals surface area contributed by atoms with Crippen LogP contribution in [-0.2, 0) is 5.75 Å². The van der Waals surface area contributed by atoms with Gasteiger partial charge in [0.25, 0.3) is 0 Å². The van der Waals surface area contributed by atoms with Gasteiger partial charge in [-0.3, -0.25) is 4.57 Å². The molecule has 1 aromatic heterocycles. The predicted molar refractivity (Wildman–Crippen MR) is 117 cm³/mol. The van der Waals surface area contributed by atoms with Crippen molar-refractivity contribution < 1.29 is 0 Å². The molecule has 0 amide bonds. The first-order chi connectivity index (χ1) is 14.2. The molecule has 0 N–H and O–H groups in total. The zero-order valence-corrected chi connectivity index (χ0v) is 17.3. The lowest BCUT2D eigenvalue weighted by Crippen LogP contribution is -2.00. The molecule has 142 valence electrons. The summed E-state index contributed by atoms with van der Waals surface area (Å²) in [6.07, 6.45) is 0. The Balaban J connectivity index is 1.74. The van der Waals surface area contributed by atoms with Gasteiger partial charge in [0, 0.05) is 22.0 Å². The Morgan fingerprint density at radius 1 is 0.966 bits per heavy atom. The Labute approximate surface area is 178 Å². The van der Waals surface area contributed by atoms with Crippen molar-refractivity contribution in [3.8, 4) is 23.1 Å². The van der Waals surface area contributed by atoms with Crippen molar-refractivity contribution in [2.45, 2.75) is 17.8 Å². The minimum Gasteiger partial charge on any atom is -0.270 e. The molecule has 0 aliphatic rings. The summed E-state index contributed by atoms with van der Waals surface area (Å²) in [5.41, 5.74) is 4.77. The molecule has 0 fully saturated rings. The molecule has 0 unspecified atom stereocenters. The molecule has 0 radical (unpaired) electrons. The maximum atomic E-state index is 9.34. The summed E-state index contributed by atoms with van der Waals surface area (Å²) in [6.45, 7) is 2.06. The number of rotatable bonds is 5. The summed E-state index contributed by atoms with van der Waals surface area (Å²) in [7, 11) is 0. The molecule has 0 saturated carbocycles. The van der Waals surface area contributed by atoms with Crippen molar-refractivity contribution in [3.63, 3.8) is 0 Å². The molecule has 0 aliphatic heterocycles. The van der Waals surface area contributed by atoms with Gasteiger partial charge in [-0.1, -0.05) is 71.4 Å². The topological polar surface area (TPSA) is 54.5 Å². The van der Waals surface area contributed by atoms with Gasteiger partial charge in [-0.2, -0.15) is 5.26 Å². The largest absolute Gasteiger partial charge is 0.270 e. The lowest BCUT2D eigenvalue weighted by Gasteiger charge is -2.11. The van der Waals surface area contributed by atoms with Crippen LogP contribution in [0.3, 0.4) is 0 Å². The molecule has 0 bridgehead atoms. The Bertz CT molecular complexity index is 1170. The Hall–Kier alpha value is -3.07. The van der Waals surface area contributed by atoms with Crippen molar-refractivity contribution in [3.05, 3.63) is 94.5 Å².